The largest absolute Gasteiger partial charge is 0.508 e. The molecule has 3 amide bonds. The summed E-state index contributed by atoms with van der Waals surface area (Å²) in [6.45, 7) is 4.08. The summed E-state index contributed by atoms with van der Waals surface area (Å²) in [5.74, 6) is -3.66. The fourth-order valence-electron chi connectivity index (χ4n) is 4.91. The molecule has 2 aliphatic rings. The van der Waals surface area contributed by atoms with Crippen LogP contribution in [0.4, 0.5) is 0 Å². The molecule has 1 fully saturated rings. The van der Waals surface area contributed by atoms with Crippen molar-refractivity contribution in [3.8, 4) is 17.6 Å². The first-order valence-corrected chi connectivity index (χ1v) is 16.1. The maximum Gasteiger partial charge on any atom is 0.352 e. The van der Waals surface area contributed by atoms with Crippen molar-refractivity contribution in [1.82, 2.24) is 45.9 Å². The number of aliphatic carboxylic acids is 1. The third-order valence-electron chi connectivity index (χ3n) is 7.12. The van der Waals surface area contributed by atoms with Crippen molar-refractivity contribution in [3.63, 3.8) is 0 Å². The van der Waals surface area contributed by atoms with Crippen LogP contribution in [0.25, 0.3) is 0 Å². The number of nitrogens with one attached hydrogen (secondary N) is 3. The number of carbonyl (C=O) groups is 4. The number of carboxylic acid groups (broad SMARTS) is 1. The molecule has 1 aromatic carbocycles. The fraction of sp³-hybridized carbons (Fsp3) is 0.370. The first-order valence-electron chi connectivity index (χ1n) is 14.1. The molecule has 1 saturated heterocycles. The van der Waals surface area contributed by atoms with Crippen molar-refractivity contribution in [2.24, 2.45) is 11.7 Å². The van der Waals surface area contributed by atoms with E-state index < -0.39 is 58.7 Å². The molecule has 4 atom stereocenters. The number of benzene rings is 1. The predicted octanol–water partition coefficient (Wildman–Crippen LogP) is 0.154. The van der Waals surface area contributed by atoms with Gasteiger partial charge in [-0.05, 0) is 35.6 Å². The Morgan fingerprint density at radius 3 is 2.53 bits per heavy atom. The molecule has 18 nitrogen and oxygen atoms in total. The predicted molar refractivity (Wildman–Crippen MR) is 165 cm³/mol. The van der Waals surface area contributed by atoms with Gasteiger partial charge in [-0.25, -0.2) is 9.78 Å². The number of aromatic hydroxyl groups is 3. The van der Waals surface area contributed by atoms with Gasteiger partial charge in [0.1, 0.15) is 34.7 Å². The van der Waals surface area contributed by atoms with Gasteiger partial charge in [-0.2, -0.15) is 4.98 Å². The number of hydrogen-bond donors (Lipinski definition) is 8. The summed E-state index contributed by atoms with van der Waals surface area (Å²) in [5, 5.41) is 57.2. The van der Waals surface area contributed by atoms with Crippen molar-refractivity contribution in [2.75, 3.05) is 11.5 Å². The number of nitrogens with zero attached hydrogens (tertiary/aromatic N) is 6. The van der Waals surface area contributed by atoms with Crippen LogP contribution in [0.15, 0.2) is 40.7 Å². The molecule has 2 aromatic heterocycles. The summed E-state index contributed by atoms with van der Waals surface area (Å²) >= 11 is 2.45. The van der Waals surface area contributed by atoms with Gasteiger partial charge in [-0.1, -0.05) is 42.8 Å². The summed E-state index contributed by atoms with van der Waals surface area (Å²) in [6.07, 6.45) is 0.705. The molecule has 0 bridgehead atoms. The van der Waals surface area contributed by atoms with Gasteiger partial charge in [0.05, 0.1) is 6.04 Å². The molecule has 5 rings (SSSR count). The highest BCUT2D eigenvalue weighted by Crippen LogP contribution is 2.41. The average Bonchev–Trinajstić information content (AvgIpc) is 3.50. The third-order valence-corrected chi connectivity index (χ3v) is 9.39. The maximum absolute atomic E-state index is 13.5. The molecule has 47 heavy (non-hydrogen) atoms. The van der Waals surface area contributed by atoms with Gasteiger partial charge in [0.15, 0.2) is 0 Å². The van der Waals surface area contributed by atoms with Crippen LogP contribution >= 0.6 is 23.5 Å². The zero-order valence-electron chi connectivity index (χ0n) is 24.8. The lowest BCUT2D eigenvalue weighted by molar-refractivity contribution is -0.151. The lowest BCUT2D eigenvalue weighted by Crippen LogP contribution is -2.71. The standard InChI is InChI=1S/C27H30N10O8S2/c1-10(2)7-14(28)19-31-27(36-34-19)47-9-12-8-46-24-17(23(42)37(24)18(12)25(43)44)30-20(39)15(11-3-5-13(38)6-4-11)29-21(40)16-22(41)32-26(45)35-33-16/h3-6,10,14-15,17,24,38H,7-9,28H2,1-2H3,(H,29,40)(H,30,39)(H,43,44)(H,31,34,36)(H2,32,35,41,45)/t14?,15?,17?,24-/m1/s1. The number of β-lactam (4-membered cyclic amide) rings is 1. The number of carboxylic acids is 1. The quantitative estimate of drug-likeness (QED) is 0.0930. The number of fused-ring (bicyclic) bond motifs is 1. The number of aromatic amines is 1. The number of phenols is 1. The third kappa shape index (κ3) is 7.23. The second-order valence-electron chi connectivity index (χ2n) is 11.0. The summed E-state index contributed by atoms with van der Waals surface area (Å²) < 4.78 is 0. The van der Waals surface area contributed by atoms with Crippen molar-refractivity contribution in [1.29, 1.82) is 0 Å². The Hall–Kier alpha value is -4.95. The van der Waals surface area contributed by atoms with Gasteiger partial charge >= 0.3 is 12.0 Å². The molecular formula is C27H30N10O8S2. The zero-order chi connectivity index (χ0) is 34.0. The van der Waals surface area contributed by atoms with Crippen molar-refractivity contribution in [2.45, 2.75) is 48.9 Å². The molecule has 9 N–H and O–H groups in total. The van der Waals surface area contributed by atoms with E-state index in [-0.39, 0.29) is 34.6 Å². The van der Waals surface area contributed by atoms with Crippen molar-refractivity contribution < 1.29 is 39.6 Å². The minimum atomic E-state index is -1.46. The van der Waals surface area contributed by atoms with Gasteiger partial charge < -0.3 is 36.8 Å². The first kappa shape index (κ1) is 33.4. The van der Waals surface area contributed by atoms with Crippen LogP contribution in [0.3, 0.4) is 0 Å². The molecule has 0 radical (unpaired) electrons. The fourth-order valence-corrected chi connectivity index (χ4v) is 7.20. The molecule has 248 valence electrons. The molecule has 0 saturated carbocycles. The number of thioether (sulfide) groups is 2. The van der Waals surface area contributed by atoms with Gasteiger partial charge in [0.2, 0.25) is 22.6 Å². The second-order valence-corrected chi connectivity index (χ2v) is 13.0. The van der Waals surface area contributed by atoms with Crippen LogP contribution in [-0.4, -0.2) is 102 Å². The van der Waals surface area contributed by atoms with E-state index in [1.165, 1.54) is 47.8 Å². The SMILES string of the molecule is CC(C)CC(N)c1nc(SCC2=C(C(=O)O)N3C(=O)C(NC(=O)C(NC(=O)c4nnc(O)nc4O)c4ccc(O)cc4)[C@H]3SC2)n[nH]1. The highest BCUT2D eigenvalue weighted by atomic mass is 32.2. The van der Waals surface area contributed by atoms with Crippen LogP contribution in [0, 0.1) is 5.92 Å². The molecule has 3 unspecified atom stereocenters. The Kier molecular flexibility index (Phi) is 9.82. The number of amides is 3. The molecule has 4 heterocycles. The Labute approximate surface area is 274 Å². The Bertz CT molecular complexity index is 1730. The van der Waals surface area contributed by atoms with Gasteiger partial charge in [0, 0.05) is 11.5 Å². The smallest absolute Gasteiger partial charge is 0.352 e. The molecule has 3 aromatic rings. The summed E-state index contributed by atoms with van der Waals surface area (Å²) in [6, 6.07) is 1.47. The van der Waals surface area contributed by atoms with Crippen LogP contribution in [0.1, 0.15) is 54.2 Å². The summed E-state index contributed by atoms with van der Waals surface area (Å²) in [7, 11) is 0. The lowest BCUT2D eigenvalue weighted by atomic mass is 10.0. The van der Waals surface area contributed by atoms with Crippen molar-refractivity contribution >= 4 is 47.2 Å². The number of nitrogens with two attached hydrogens (primary N) is 1. The highest BCUT2D eigenvalue weighted by Gasteiger charge is 2.54. The van der Waals surface area contributed by atoms with Gasteiger partial charge in [-0.15, -0.1) is 22.0 Å². The molecule has 0 spiro atoms. The summed E-state index contributed by atoms with van der Waals surface area (Å²) in [5.41, 5.74) is 5.95. The van der Waals surface area contributed by atoms with Crippen LogP contribution in [-0.2, 0) is 14.4 Å². The van der Waals surface area contributed by atoms with Crippen LogP contribution in [0.2, 0.25) is 0 Å². The minimum absolute atomic E-state index is 0.117. The number of aromatic nitrogens is 6. The van der Waals surface area contributed by atoms with E-state index in [0.717, 1.165) is 4.90 Å². The van der Waals surface area contributed by atoms with Crippen LogP contribution in [0.5, 0.6) is 17.6 Å². The van der Waals surface area contributed by atoms with E-state index in [9.17, 15) is 39.6 Å². The Morgan fingerprint density at radius 2 is 1.87 bits per heavy atom. The van der Waals surface area contributed by atoms with Crippen molar-refractivity contribution in [3.05, 3.63) is 52.6 Å². The Morgan fingerprint density at radius 1 is 1.15 bits per heavy atom. The van der Waals surface area contributed by atoms with E-state index in [1.54, 1.807) is 0 Å². The number of hydrogen-bond acceptors (Lipinski definition) is 15. The summed E-state index contributed by atoms with van der Waals surface area (Å²) in [4.78, 5) is 60.8. The normalized spacial score (nSPS) is 18.7. The van der Waals surface area contributed by atoms with E-state index in [0.29, 0.717) is 28.9 Å². The highest BCUT2D eigenvalue weighted by molar-refractivity contribution is 8.01. The molecule has 0 aliphatic carbocycles. The maximum atomic E-state index is 13.5. The topological polar surface area (TPSA) is 283 Å². The Balaban J connectivity index is 1.30. The lowest BCUT2D eigenvalue weighted by Gasteiger charge is -2.49. The van der Waals surface area contributed by atoms with Gasteiger partial charge in [-0.3, -0.25) is 24.4 Å². The van der Waals surface area contributed by atoms with E-state index >= 15 is 0 Å². The number of phenolic OH excluding ortho intramolecular Hbond substituents is 1. The van der Waals surface area contributed by atoms with E-state index in [4.69, 9.17) is 5.73 Å². The average molecular weight is 687 g/mol. The minimum Gasteiger partial charge on any atom is -0.508 e. The van der Waals surface area contributed by atoms with Gasteiger partial charge in [0.25, 0.3) is 11.8 Å². The van der Waals surface area contributed by atoms with Crippen LogP contribution < -0.4 is 16.4 Å². The van der Waals surface area contributed by atoms with E-state index in [1.807, 2.05) is 13.8 Å². The van der Waals surface area contributed by atoms with E-state index in [2.05, 4.69) is 41.0 Å². The number of carbonyl (C=O) groups excluding carboxylic acids is 3. The zero-order valence-corrected chi connectivity index (χ0v) is 26.4. The molecule has 2 aliphatic heterocycles. The number of H-pyrrole nitrogens is 1. The number of rotatable bonds is 12. The second kappa shape index (κ2) is 13.8. The molecular weight excluding hydrogens is 656 g/mol. The monoisotopic (exact) mass is 686 g/mol. The molecule has 20 heteroatoms. The first-order chi connectivity index (χ1) is 22.3.